The number of anilines is 1. The van der Waals surface area contributed by atoms with E-state index in [2.05, 4.69) is 5.32 Å². The van der Waals surface area contributed by atoms with Crippen LogP contribution in [0.4, 0.5) is 5.69 Å². The Morgan fingerprint density at radius 2 is 2.15 bits per heavy atom. The molecule has 1 aliphatic carbocycles. The van der Waals surface area contributed by atoms with Gasteiger partial charge in [-0.3, -0.25) is 9.69 Å². The van der Waals surface area contributed by atoms with E-state index in [-0.39, 0.29) is 18.0 Å². The Bertz CT molecular complexity index is 529. The van der Waals surface area contributed by atoms with Gasteiger partial charge in [-0.2, -0.15) is 0 Å². The fourth-order valence-electron chi connectivity index (χ4n) is 2.13. The summed E-state index contributed by atoms with van der Waals surface area (Å²) in [6, 6.07) is 4.71. The van der Waals surface area contributed by atoms with E-state index in [1.807, 2.05) is 11.9 Å². The van der Waals surface area contributed by atoms with Crippen molar-refractivity contribution in [2.45, 2.75) is 25.3 Å². The average molecular weight is 297 g/mol. The van der Waals surface area contributed by atoms with E-state index in [1.165, 1.54) is 24.6 Å². The lowest BCUT2D eigenvalue weighted by atomic mass is 9.92. The fraction of sp³-hybridized carbons (Fsp3) is 0.429. The molecule has 0 spiro atoms. The van der Waals surface area contributed by atoms with E-state index in [0.717, 1.165) is 12.8 Å². The molecule has 1 fully saturated rings. The maximum Gasteiger partial charge on any atom is 0.335 e. The molecule has 5 nitrogen and oxygen atoms in total. The minimum atomic E-state index is -1.05. The van der Waals surface area contributed by atoms with Crippen molar-refractivity contribution < 1.29 is 14.7 Å². The van der Waals surface area contributed by atoms with Crippen molar-refractivity contribution in [2.24, 2.45) is 0 Å². The number of carboxylic acid groups (broad SMARTS) is 1. The fourth-order valence-corrected chi connectivity index (χ4v) is 2.29. The summed E-state index contributed by atoms with van der Waals surface area (Å²) in [6.07, 6.45) is 3.46. The van der Waals surface area contributed by atoms with Gasteiger partial charge in [0.2, 0.25) is 5.91 Å². The van der Waals surface area contributed by atoms with Gasteiger partial charge >= 0.3 is 5.97 Å². The van der Waals surface area contributed by atoms with Gasteiger partial charge in [0.05, 0.1) is 22.8 Å². The molecule has 2 rings (SSSR count). The number of aromatic carboxylic acids is 1. The number of hydrogen-bond acceptors (Lipinski definition) is 3. The van der Waals surface area contributed by atoms with Crippen molar-refractivity contribution in [1.29, 1.82) is 0 Å². The zero-order valence-corrected chi connectivity index (χ0v) is 12.0. The number of rotatable bonds is 5. The smallest absolute Gasteiger partial charge is 0.335 e. The van der Waals surface area contributed by atoms with Gasteiger partial charge in [0.1, 0.15) is 0 Å². The maximum absolute atomic E-state index is 11.9. The topological polar surface area (TPSA) is 69.6 Å². The van der Waals surface area contributed by atoms with Crippen LogP contribution >= 0.6 is 11.6 Å². The first-order valence-electron chi connectivity index (χ1n) is 6.50. The number of carboxylic acids is 1. The normalized spacial score (nSPS) is 14.9. The summed E-state index contributed by atoms with van der Waals surface area (Å²) in [6.45, 7) is 0.276. The SMILES string of the molecule is CN(CC(=O)Nc1cc(C(=O)O)ccc1Cl)C1CCC1. The maximum atomic E-state index is 11.9. The summed E-state index contributed by atoms with van der Waals surface area (Å²) in [5.74, 6) is -1.24. The molecule has 0 unspecified atom stereocenters. The van der Waals surface area contributed by atoms with Gasteiger partial charge < -0.3 is 10.4 Å². The summed E-state index contributed by atoms with van der Waals surface area (Å²) in [7, 11) is 1.92. The predicted molar refractivity (Wildman–Crippen MR) is 77.3 cm³/mol. The lowest BCUT2D eigenvalue weighted by Gasteiger charge is -2.34. The molecule has 2 N–H and O–H groups in total. The molecule has 1 aliphatic rings. The zero-order valence-electron chi connectivity index (χ0n) is 11.2. The van der Waals surface area contributed by atoms with Crippen molar-refractivity contribution in [3.8, 4) is 0 Å². The molecule has 1 amide bonds. The molecule has 0 aliphatic heterocycles. The second-order valence-electron chi connectivity index (χ2n) is 5.05. The molecule has 0 radical (unpaired) electrons. The van der Waals surface area contributed by atoms with Crippen LogP contribution in [-0.4, -0.2) is 41.5 Å². The van der Waals surface area contributed by atoms with Gasteiger partial charge in [-0.05, 0) is 38.1 Å². The number of carbonyl (C=O) groups is 2. The van der Waals surface area contributed by atoms with E-state index in [9.17, 15) is 9.59 Å². The van der Waals surface area contributed by atoms with Gasteiger partial charge in [-0.25, -0.2) is 4.79 Å². The molecule has 108 valence electrons. The predicted octanol–water partition coefficient (Wildman–Crippen LogP) is 2.46. The van der Waals surface area contributed by atoms with Crippen LogP contribution in [0.1, 0.15) is 29.6 Å². The number of benzene rings is 1. The number of hydrogen-bond donors (Lipinski definition) is 2. The van der Waals surface area contributed by atoms with Crippen LogP contribution in [0.3, 0.4) is 0 Å². The molecule has 0 atom stereocenters. The number of halogens is 1. The molecular formula is C14H17ClN2O3. The Morgan fingerprint density at radius 3 is 2.70 bits per heavy atom. The van der Waals surface area contributed by atoms with Gasteiger partial charge in [-0.15, -0.1) is 0 Å². The number of carbonyl (C=O) groups excluding carboxylic acids is 1. The Kier molecular flexibility index (Phi) is 4.62. The molecule has 0 heterocycles. The van der Waals surface area contributed by atoms with E-state index in [1.54, 1.807) is 0 Å². The van der Waals surface area contributed by atoms with Gasteiger partial charge in [0.15, 0.2) is 0 Å². The first-order chi connectivity index (χ1) is 9.47. The van der Waals surface area contributed by atoms with Crippen LogP contribution in [0, 0.1) is 0 Å². The third-order valence-corrected chi connectivity index (χ3v) is 3.91. The molecule has 20 heavy (non-hydrogen) atoms. The molecule has 0 aromatic heterocycles. The van der Waals surface area contributed by atoms with Crippen LogP contribution in [0.15, 0.2) is 18.2 Å². The largest absolute Gasteiger partial charge is 0.478 e. The second-order valence-corrected chi connectivity index (χ2v) is 5.45. The van der Waals surface area contributed by atoms with Gasteiger partial charge in [0.25, 0.3) is 0 Å². The summed E-state index contributed by atoms with van der Waals surface area (Å²) >= 11 is 5.96. The minimum absolute atomic E-state index is 0.0945. The Hall–Kier alpha value is -1.59. The number of likely N-dealkylation sites (N-methyl/N-ethyl adjacent to an activating group) is 1. The molecular weight excluding hydrogens is 280 g/mol. The Morgan fingerprint density at radius 1 is 1.45 bits per heavy atom. The van der Waals surface area contributed by atoms with Crippen molar-refractivity contribution >= 4 is 29.2 Å². The van der Waals surface area contributed by atoms with Crippen molar-refractivity contribution in [3.05, 3.63) is 28.8 Å². The zero-order chi connectivity index (χ0) is 14.7. The van der Waals surface area contributed by atoms with Gasteiger partial charge in [-0.1, -0.05) is 18.0 Å². The monoisotopic (exact) mass is 296 g/mol. The lowest BCUT2D eigenvalue weighted by Crippen LogP contribution is -2.41. The summed E-state index contributed by atoms with van der Waals surface area (Å²) in [4.78, 5) is 24.8. The van der Waals surface area contributed by atoms with Gasteiger partial charge in [0, 0.05) is 6.04 Å². The minimum Gasteiger partial charge on any atom is -0.478 e. The van der Waals surface area contributed by atoms with Crippen LogP contribution < -0.4 is 5.32 Å². The third-order valence-electron chi connectivity index (χ3n) is 3.58. The summed E-state index contributed by atoms with van der Waals surface area (Å²) in [5, 5.41) is 11.9. The Labute approximate surface area is 122 Å². The molecule has 1 saturated carbocycles. The van der Waals surface area contributed by atoms with Crippen LogP contribution in [0.5, 0.6) is 0 Å². The van der Waals surface area contributed by atoms with Crippen molar-refractivity contribution in [1.82, 2.24) is 4.90 Å². The number of amides is 1. The van der Waals surface area contributed by atoms with E-state index in [4.69, 9.17) is 16.7 Å². The number of nitrogens with one attached hydrogen (secondary N) is 1. The summed E-state index contributed by atoms with van der Waals surface area (Å²) < 4.78 is 0. The Balaban J connectivity index is 1.99. The standard InChI is InChI=1S/C14H17ClN2O3/c1-17(10-3-2-4-10)8-13(18)16-12-7-9(14(19)20)5-6-11(12)15/h5-7,10H,2-4,8H2,1H3,(H,16,18)(H,19,20). The lowest BCUT2D eigenvalue weighted by molar-refractivity contribution is -0.117. The highest BCUT2D eigenvalue weighted by Crippen LogP contribution is 2.25. The first-order valence-corrected chi connectivity index (χ1v) is 6.88. The van der Waals surface area contributed by atoms with Crippen LogP contribution in [0.25, 0.3) is 0 Å². The summed E-state index contributed by atoms with van der Waals surface area (Å²) in [5.41, 5.74) is 0.427. The van der Waals surface area contributed by atoms with Crippen LogP contribution in [-0.2, 0) is 4.79 Å². The van der Waals surface area contributed by atoms with Crippen molar-refractivity contribution in [3.63, 3.8) is 0 Å². The second kappa shape index (κ2) is 6.24. The highest BCUT2D eigenvalue weighted by molar-refractivity contribution is 6.33. The van der Waals surface area contributed by atoms with Crippen molar-refractivity contribution in [2.75, 3.05) is 18.9 Å². The quantitative estimate of drug-likeness (QED) is 0.876. The molecule has 1 aromatic carbocycles. The third kappa shape index (κ3) is 3.49. The van der Waals surface area contributed by atoms with E-state index in [0.29, 0.717) is 16.8 Å². The first kappa shape index (κ1) is 14.8. The van der Waals surface area contributed by atoms with E-state index >= 15 is 0 Å². The molecule has 1 aromatic rings. The van der Waals surface area contributed by atoms with E-state index < -0.39 is 5.97 Å². The molecule has 0 saturated heterocycles. The number of nitrogens with zero attached hydrogens (tertiary/aromatic N) is 1. The van der Waals surface area contributed by atoms with Crippen LogP contribution in [0.2, 0.25) is 5.02 Å². The molecule has 6 heteroatoms. The highest BCUT2D eigenvalue weighted by Gasteiger charge is 2.23. The average Bonchev–Trinajstić information content (AvgIpc) is 2.28. The molecule has 0 bridgehead atoms. The highest BCUT2D eigenvalue weighted by atomic mass is 35.5.